The van der Waals surface area contributed by atoms with Crippen LogP contribution in [0.2, 0.25) is 0 Å². The molecule has 4 saturated carbocycles. The molecule has 5 rings (SSSR count). The summed E-state index contributed by atoms with van der Waals surface area (Å²) in [6.45, 7) is 0. The lowest BCUT2D eigenvalue weighted by Gasteiger charge is -2.55. The molecule has 4 bridgehead atoms. The third-order valence-corrected chi connectivity index (χ3v) is 5.83. The summed E-state index contributed by atoms with van der Waals surface area (Å²) in [5, 5.41) is 0. The number of methoxy groups -OCH3 is 1. The molecule has 0 N–H and O–H groups in total. The van der Waals surface area contributed by atoms with E-state index in [4.69, 9.17) is 4.74 Å². The number of hydrogen-bond donors (Lipinski definition) is 0. The predicted molar refractivity (Wildman–Crippen MR) is 82.6 cm³/mol. The largest absolute Gasteiger partial charge is 0.497 e. The van der Waals surface area contributed by atoms with Crippen LogP contribution in [-0.2, 0) is 0 Å². The molecule has 106 valence electrons. The Labute approximate surface area is 122 Å². The fourth-order valence-corrected chi connectivity index (χ4v) is 5.37. The summed E-state index contributed by atoms with van der Waals surface area (Å²) in [5.41, 5.74) is 1.84. The van der Waals surface area contributed by atoms with Gasteiger partial charge in [0.2, 0.25) is 0 Å². The van der Waals surface area contributed by atoms with Crippen LogP contribution in [0.1, 0.15) is 44.1 Å². The molecule has 4 aliphatic carbocycles. The maximum absolute atomic E-state index is 5.22. The van der Waals surface area contributed by atoms with Crippen LogP contribution in [0, 0.1) is 23.2 Å². The van der Waals surface area contributed by atoms with Crippen molar-refractivity contribution in [1.82, 2.24) is 0 Å². The Morgan fingerprint density at radius 2 is 1.50 bits per heavy atom. The lowest BCUT2D eigenvalue weighted by molar-refractivity contribution is -0.0232. The molecular formula is C19H24O. The van der Waals surface area contributed by atoms with Crippen LogP contribution < -0.4 is 4.74 Å². The van der Waals surface area contributed by atoms with Crippen molar-refractivity contribution in [3.63, 3.8) is 0 Å². The summed E-state index contributed by atoms with van der Waals surface area (Å²) in [4.78, 5) is 0. The van der Waals surface area contributed by atoms with Gasteiger partial charge in [0.25, 0.3) is 0 Å². The molecule has 4 fully saturated rings. The Balaban J connectivity index is 1.54. The van der Waals surface area contributed by atoms with Crippen LogP contribution >= 0.6 is 0 Å². The fraction of sp³-hybridized carbons (Fsp3) is 0.579. The molecule has 4 aliphatic rings. The van der Waals surface area contributed by atoms with E-state index in [-0.39, 0.29) is 0 Å². The average molecular weight is 268 g/mol. The van der Waals surface area contributed by atoms with Crippen molar-refractivity contribution in [3.8, 4) is 5.75 Å². The molecule has 0 amide bonds. The van der Waals surface area contributed by atoms with Crippen LogP contribution in [0.3, 0.4) is 0 Å². The average Bonchev–Trinajstić information content (AvgIpc) is 2.44. The van der Waals surface area contributed by atoms with Crippen LogP contribution in [0.4, 0.5) is 0 Å². The molecule has 0 aromatic heterocycles. The van der Waals surface area contributed by atoms with E-state index in [2.05, 4.69) is 36.4 Å². The zero-order chi connectivity index (χ0) is 13.6. The maximum Gasteiger partial charge on any atom is 0.118 e. The van der Waals surface area contributed by atoms with Gasteiger partial charge in [0, 0.05) is 0 Å². The summed E-state index contributed by atoms with van der Waals surface area (Å²) in [6.07, 6.45) is 13.8. The van der Waals surface area contributed by atoms with Crippen molar-refractivity contribution in [3.05, 3.63) is 35.9 Å². The summed E-state index contributed by atoms with van der Waals surface area (Å²) in [7, 11) is 1.72. The molecule has 20 heavy (non-hydrogen) atoms. The van der Waals surface area contributed by atoms with Crippen molar-refractivity contribution in [2.45, 2.75) is 38.5 Å². The molecular weight excluding hydrogens is 244 g/mol. The van der Waals surface area contributed by atoms with Crippen LogP contribution in [0.15, 0.2) is 30.3 Å². The second-order valence-corrected chi connectivity index (χ2v) is 7.39. The monoisotopic (exact) mass is 268 g/mol. The van der Waals surface area contributed by atoms with Crippen molar-refractivity contribution < 1.29 is 4.74 Å². The Hall–Kier alpha value is -1.24. The lowest BCUT2D eigenvalue weighted by atomic mass is 9.49. The van der Waals surface area contributed by atoms with Gasteiger partial charge in [-0.05, 0) is 79.4 Å². The van der Waals surface area contributed by atoms with E-state index in [0.717, 1.165) is 23.5 Å². The highest BCUT2D eigenvalue weighted by Crippen LogP contribution is 2.60. The topological polar surface area (TPSA) is 9.23 Å². The highest BCUT2D eigenvalue weighted by Gasteiger charge is 2.49. The van der Waals surface area contributed by atoms with E-state index < -0.39 is 0 Å². The van der Waals surface area contributed by atoms with E-state index in [9.17, 15) is 0 Å². The second kappa shape index (κ2) is 4.65. The highest BCUT2D eigenvalue weighted by atomic mass is 16.5. The summed E-state index contributed by atoms with van der Waals surface area (Å²) >= 11 is 0. The molecule has 0 heterocycles. The number of rotatable bonds is 3. The Morgan fingerprint density at radius 3 is 2.00 bits per heavy atom. The number of benzene rings is 1. The smallest absolute Gasteiger partial charge is 0.118 e. The molecule has 1 nitrogen and oxygen atoms in total. The van der Waals surface area contributed by atoms with E-state index >= 15 is 0 Å². The summed E-state index contributed by atoms with van der Waals surface area (Å²) in [5.74, 6) is 4.03. The molecule has 0 radical (unpaired) electrons. The van der Waals surface area contributed by atoms with Crippen LogP contribution in [0.25, 0.3) is 6.08 Å². The van der Waals surface area contributed by atoms with E-state index in [1.807, 2.05) is 0 Å². The zero-order valence-corrected chi connectivity index (χ0v) is 12.3. The van der Waals surface area contributed by atoms with Gasteiger partial charge in [-0.15, -0.1) is 0 Å². The molecule has 0 atom stereocenters. The number of ether oxygens (including phenoxy) is 1. The third kappa shape index (κ3) is 2.17. The van der Waals surface area contributed by atoms with Crippen LogP contribution in [-0.4, -0.2) is 7.11 Å². The van der Waals surface area contributed by atoms with E-state index in [0.29, 0.717) is 5.41 Å². The maximum atomic E-state index is 5.22. The first-order valence-corrected chi connectivity index (χ1v) is 8.08. The van der Waals surface area contributed by atoms with Gasteiger partial charge < -0.3 is 4.74 Å². The van der Waals surface area contributed by atoms with Crippen molar-refractivity contribution in [2.24, 2.45) is 23.2 Å². The quantitative estimate of drug-likeness (QED) is 0.755. The van der Waals surface area contributed by atoms with Crippen molar-refractivity contribution in [1.29, 1.82) is 0 Å². The molecule has 1 heteroatoms. The minimum Gasteiger partial charge on any atom is -0.497 e. The third-order valence-electron chi connectivity index (χ3n) is 5.83. The molecule has 0 unspecified atom stereocenters. The predicted octanol–water partition coefficient (Wildman–Crippen LogP) is 4.92. The van der Waals surface area contributed by atoms with Gasteiger partial charge in [-0.25, -0.2) is 0 Å². The first-order chi connectivity index (χ1) is 9.75. The first-order valence-electron chi connectivity index (χ1n) is 8.08. The van der Waals surface area contributed by atoms with Gasteiger partial charge in [0.1, 0.15) is 5.75 Å². The normalized spacial score (nSPS) is 38.5. The van der Waals surface area contributed by atoms with Gasteiger partial charge in [0.15, 0.2) is 0 Å². The summed E-state index contributed by atoms with van der Waals surface area (Å²) < 4.78 is 5.22. The van der Waals surface area contributed by atoms with E-state index in [1.165, 1.54) is 44.1 Å². The van der Waals surface area contributed by atoms with E-state index in [1.54, 1.807) is 7.11 Å². The fourth-order valence-electron chi connectivity index (χ4n) is 5.37. The van der Waals surface area contributed by atoms with Gasteiger partial charge in [0.05, 0.1) is 7.11 Å². The Morgan fingerprint density at radius 1 is 0.950 bits per heavy atom. The summed E-state index contributed by atoms with van der Waals surface area (Å²) in [6, 6.07) is 8.43. The Bertz CT molecular complexity index is 476. The van der Waals surface area contributed by atoms with Gasteiger partial charge in [-0.1, -0.05) is 24.3 Å². The van der Waals surface area contributed by atoms with Gasteiger partial charge >= 0.3 is 0 Å². The molecule has 0 aliphatic heterocycles. The SMILES string of the molecule is COc1ccc(/C=C\C23CC4CC(CC(C4)C2)C3)cc1. The number of hydrogen-bond acceptors (Lipinski definition) is 1. The number of allylic oxidation sites excluding steroid dienone is 1. The van der Waals surface area contributed by atoms with Crippen molar-refractivity contribution >= 4 is 6.08 Å². The van der Waals surface area contributed by atoms with Crippen molar-refractivity contribution in [2.75, 3.05) is 7.11 Å². The lowest BCUT2D eigenvalue weighted by Crippen LogP contribution is -2.44. The minimum atomic E-state index is 0.536. The minimum absolute atomic E-state index is 0.536. The second-order valence-electron chi connectivity index (χ2n) is 7.39. The standard InChI is InChI=1S/C19H24O/c1-20-18-4-2-14(3-5-18)6-7-19-11-15-8-16(12-19)10-17(9-15)13-19/h2-7,15-17H,8-13H2,1H3/b7-6-. The Kier molecular flexibility index (Phi) is 2.90. The zero-order valence-electron chi connectivity index (χ0n) is 12.3. The molecule has 1 aromatic carbocycles. The highest BCUT2D eigenvalue weighted by molar-refractivity contribution is 5.51. The van der Waals surface area contributed by atoms with Crippen LogP contribution in [0.5, 0.6) is 5.75 Å². The molecule has 0 saturated heterocycles. The molecule has 1 aromatic rings. The first kappa shape index (κ1) is 12.5. The molecule has 0 spiro atoms. The van der Waals surface area contributed by atoms with Gasteiger partial charge in [-0.2, -0.15) is 0 Å². The van der Waals surface area contributed by atoms with Gasteiger partial charge in [-0.3, -0.25) is 0 Å².